The summed E-state index contributed by atoms with van der Waals surface area (Å²) in [6.45, 7) is 6.94. The number of aliphatic hydroxyl groups excluding tert-OH is 1. The predicted octanol–water partition coefficient (Wildman–Crippen LogP) is -4.57. The molecule has 0 aliphatic carbocycles. The largest absolute Gasteiger partial charge is 0.395 e. The van der Waals surface area contributed by atoms with Gasteiger partial charge in [0, 0.05) is 67.1 Å². The molecule has 548 valence electrons. The topological polar surface area (TPSA) is 520 Å². The van der Waals surface area contributed by atoms with Crippen LogP contribution in [-0.2, 0) is 84.4 Å². The molecule has 36 heteroatoms. The smallest absolute Gasteiger partial charge is 0.246 e. The number of aliphatic hydroxyl groups is 1. The zero-order valence-electron chi connectivity index (χ0n) is 56.6. The molecule has 99 heavy (non-hydrogen) atoms. The molecule has 33 nitrogen and oxygen atoms in total. The van der Waals surface area contributed by atoms with Crippen molar-refractivity contribution in [3.63, 3.8) is 0 Å². The van der Waals surface area contributed by atoms with Gasteiger partial charge in [-0.25, -0.2) is 0 Å². The molecule has 1 aromatic rings. The molecule has 14 amide bonds. The van der Waals surface area contributed by atoms with Crippen molar-refractivity contribution in [2.45, 2.75) is 189 Å². The molecule has 3 saturated heterocycles. The van der Waals surface area contributed by atoms with Gasteiger partial charge in [0.2, 0.25) is 82.7 Å². The van der Waals surface area contributed by atoms with E-state index < -0.39 is 174 Å². The van der Waals surface area contributed by atoms with Gasteiger partial charge in [-0.15, -0.1) is 0 Å². The number of hydrogen-bond donors (Lipinski definition) is 15. The second kappa shape index (κ2) is 38.6. The molecule has 4 bridgehead atoms. The molecular weight excluding hydrogens is 1350 g/mol. The van der Waals surface area contributed by atoms with Crippen LogP contribution < -0.4 is 76.5 Å². The summed E-state index contributed by atoms with van der Waals surface area (Å²) in [5.74, 6) is -13.9. The van der Waals surface area contributed by atoms with Gasteiger partial charge in [-0.1, -0.05) is 45.9 Å². The Kier molecular flexibility index (Phi) is 31.2. The molecule has 5 aliphatic heterocycles. The number of aliphatic imine (C=N–C) groups is 1. The predicted molar refractivity (Wildman–Crippen MR) is 370 cm³/mol. The Hall–Kier alpha value is -7.96. The van der Waals surface area contributed by atoms with Crippen molar-refractivity contribution in [3.8, 4) is 0 Å². The van der Waals surface area contributed by atoms with Crippen LogP contribution in [0.3, 0.4) is 0 Å². The van der Waals surface area contributed by atoms with Gasteiger partial charge in [-0.05, 0) is 99.7 Å². The number of guanidine groups is 1. The van der Waals surface area contributed by atoms with E-state index in [2.05, 4.69) is 52.8 Å². The number of primary amides is 2. The molecule has 20 N–H and O–H groups in total. The van der Waals surface area contributed by atoms with Crippen molar-refractivity contribution in [1.82, 2.24) is 62.6 Å². The zero-order valence-corrected chi connectivity index (χ0v) is 59.1. The summed E-state index contributed by atoms with van der Waals surface area (Å²) in [4.78, 5) is 206. The lowest BCUT2D eigenvalue weighted by Crippen LogP contribution is -2.61. The normalized spacial score (nSPS) is 26.8. The monoisotopic (exact) mass is 1440 g/mol. The Morgan fingerprint density at radius 1 is 0.596 bits per heavy atom. The molecule has 6 rings (SSSR count). The summed E-state index contributed by atoms with van der Waals surface area (Å²) >= 11 is 3.66. The molecule has 0 saturated carbocycles. The Bertz CT molecular complexity index is 3160. The van der Waals surface area contributed by atoms with Crippen LogP contribution >= 0.6 is 35.3 Å². The molecule has 0 spiro atoms. The van der Waals surface area contributed by atoms with Crippen LogP contribution in [0, 0.1) is 17.8 Å². The van der Waals surface area contributed by atoms with Crippen LogP contribution in [0.1, 0.15) is 122 Å². The maximum atomic E-state index is 15.0. The van der Waals surface area contributed by atoms with E-state index in [1.165, 1.54) is 45.1 Å². The van der Waals surface area contributed by atoms with Crippen molar-refractivity contribution in [3.05, 3.63) is 34.9 Å². The summed E-state index contributed by atoms with van der Waals surface area (Å²) in [6.07, 6.45) is -0.0169. The Labute approximate surface area is 587 Å². The van der Waals surface area contributed by atoms with E-state index in [1.807, 2.05) is 32.0 Å². The van der Waals surface area contributed by atoms with E-state index in [0.29, 0.717) is 36.0 Å². The Morgan fingerprint density at radius 3 is 1.69 bits per heavy atom. The number of benzene rings is 1. The van der Waals surface area contributed by atoms with E-state index >= 15 is 4.79 Å². The van der Waals surface area contributed by atoms with Crippen molar-refractivity contribution in [1.29, 1.82) is 0 Å². The van der Waals surface area contributed by atoms with E-state index in [0.717, 1.165) is 11.8 Å². The van der Waals surface area contributed by atoms with E-state index in [9.17, 15) is 67.4 Å². The molecule has 0 aromatic heterocycles. The number of hydrogen-bond acceptors (Lipinski definition) is 20. The van der Waals surface area contributed by atoms with Crippen LogP contribution in [0.5, 0.6) is 0 Å². The van der Waals surface area contributed by atoms with Gasteiger partial charge < -0.3 is 96.3 Å². The Balaban J connectivity index is 1.48. The number of rotatable bonds is 16. The van der Waals surface area contributed by atoms with Gasteiger partial charge >= 0.3 is 0 Å². The number of amides is 14. The van der Waals surface area contributed by atoms with Crippen LogP contribution in [0.15, 0.2) is 23.2 Å². The van der Waals surface area contributed by atoms with Crippen LogP contribution in [-0.4, -0.2) is 232 Å². The minimum atomic E-state index is -1.88. The second-order valence-corrected chi connectivity index (χ2v) is 29.3. The molecule has 5 heterocycles. The van der Waals surface area contributed by atoms with Crippen molar-refractivity contribution in [2.24, 2.45) is 51.4 Å². The quantitative estimate of drug-likeness (QED) is 0.0321. The third-order valence-electron chi connectivity index (χ3n) is 17.3. The minimum absolute atomic E-state index is 0.0187. The third-order valence-corrected chi connectivity index (χ3v) is 20.6. The van der Waals surface area contributed by atoms with Gasteiger partial charge in [0.25, 0.3) is 0 Å². The number of nitrogens with one attached hydrogen (secondary N) is 9. The first-order valence-electron chi connectivity index (χ1n) is 33.4. The standard InChI is InChI=1S/C63H98N18O15S3/c1-32(2)20-40-60(94)81-19-9-12-46(81)62(96)80-18-8-11-45(80)58(92)74-42-30-98-27-36-21-35(22-37(23-36)28-99-31-43(75-51(85)34(5)64)61(95)79-17-7-10-44(79)57(91)71-39(55(89)72-40)14-15-47(65)83)26-97-29-41(54(88)70-24-48(66)84)73-52(86)38(25-82)53(87)78-50(33(3)4)59(93)77-49(76-56(42)90)13-6-16-69-63(67)68/h21-23,32-34,38-46,49-50,82H,6-20,24-31,64H2,1-5H3,(H2,65,83)(H2,66,84)(H,70,88)(H,71,91)(H,72,89)(H,73,86)(H,74,92)(H,75,85)(H,76,90)(H,77,93)(H,78,87)(H4,67,68,69)/t34-,38+,39-,40-,41-,42-,43-,44-,45-,46-,49+,50-/m0/s1. The van der Waals surface area contributed by atoms with E-state index in [-0.39, 0.29) is 124 Å². The summed E-state index contributed by atoms with van der Waals surface area (Å²) in [5, 5.41) is 34.7. The highest BCUT2D eigenvalue weighted by Crippen LogP contribution is 2.29. The summed E-state index contributed by atoms with van der Waals surface area (Å²) in [5.41, 5.74) is 30.2. The number of carbonyl (C=O) groups is 14. The third kappa shape index (κ3) is 23.9. The van der Waals surface area contributed by atoms with Gasteiger partial charge in [-0.2, -0.15) is 35.3 Å². The van der Waals surface area contributed by atoms with Crippen molar-refractivity contribution >= 4 is 124 Å². The lowest BCUT2D eigenvalue weighted by Gasteiger charge is -2.34. The minimum Gasteiger partial charge on any atom is -0.395 e. The summed E-state index contributed by atoms with van der Waals surface area (Å²) in [6, 6.07) is -7.01. The van der Waals surface area contributed by atoms with E-state index in [4.69, 9.17) is 28.7 Å². The Morgan fingerprint density at radius 2 is 1.13 bits per heavy atom. The molecule has 1 aromatic carbocycles. The van der Waals surface area contributed by atoms with Crippen molar-refractivity contribution < 1.29 is 72.2 Å². The molecular formula is C63H98N18O15S3. The molecule has 12 atom stereocenters. The highest BCUT2D eigenvalue weighted by Gasteiger charge is 2.46. The molecule has 0 radical (unpaired) electrons. The average Bonchev–Trinajstić information content (AvgIpc) is 1.67. The van der Waals surface area contributed by atoms with Gasteiger partial charge in [0.15, 0.2) is 5.96 Å². The number of nitrogens with zero attached hydrogens (tertiary/aromatic N) is 4. The maximum absolute atomic E-state index is 15.0. The SMILES string of the molecule is CC(C)C[C@@H]1NC(=O)[C@H](CCC(N)=O)NC(=O)[C@@H]2CCCN2C(=O)[C@@H](NC(=O)[C@H](C)N)CSCc2cc3cc(c2)CSC[C@H](NC(=O)[C@@H]2CCCN2C(=O)[C@@H]2CCCN2C1=O)C(=O)N[C@@H](CCCN=C(N)N)NC(=O)[C@H](C(C)C)NC(=O)[C@H](CO)C(=O)N[C@H](C(=O)NCC(N)=O)CSC3. The van der Waals surface area contributed by atoms with E-state index in [1.54, 1.807) is 13.8 Å². The number of carbonyl (C=O) groups excluding carboxylic acids is 14. The fraction of sp³-hybridized carbons (Fsp3) is 0.667. The van der Waals surface area contributed by atoms with Gasteiger partial charge in [-0.3, -0.25) is 72.1 Å². The first-order valence-corrected chi connectivity index (χ1v) is 36.9. The second-order valence-electron chi connectivity index (χ2n) is 26.2. The zero-order chi connectivity index (χ0) is 72.8. The summed E-state index contributed by atoms with van der Waals surface area (Å²) < 4.78 is 0. The maximum Gasteiger partial charge on any atom is 0.246 e. The number of nitrogens with two attached hydrogens (primary N) is 5. The van der Waals surface area contributed by atoms with Crippen LogP contribution in [0.2, 0.25) is 0 Å². The number of fused-ring (bicyclic) bond motifs is 8. The van der Waals surface area contributed by atoms with Gasteiger partial charge in [0.05, 0.1) is 19.2 Å². The highest BCUT2D eigenvalue weighted by molar-refractivity contribution is 7.99. The van der Waals surface area contributed by atoms with Gasteiger partial charge in [0.1, 0.15) is 66.5 Å². The highest BCUT2D eigenvalue weighted by atomic mass is 32.2. The summed E-state index contributed by atoms with van der Waals surface area (Å²) in [7, 11) is 0. The molecule has 0 unspecified atom stereocenters. The average molecular weight is 1440 g/mol. The molecule has 5 aliphatic rings. The fourth-order valence-electron chi connectivity index (χ4n) is 12.2. The lowest BCUT2D eigenvalue weighted by molar-refractivity contribution is -0.148. The molecule has 3 fully saturated rings. The van der Waals surface area contributed by atoms with Crippen molar-refractivity contribution in [2.75, 3.05) is 56.6 Å². The first-order chi connectivity index (χ1) is 47.0. The fourth-order valence-corrected chi connectivity index (χ4v) is 15.2. The van der Waals surface area contributed by atoms with Crippen LogP contribution in [0.25, 0.3) is 0 Å². The van der Waals surface area contributed by atoms with Crippen LogP contribution in [0.4, 0.5) is 0 Å². The lowest BCUT2D eigenvalue weighted by atomic mass is 10.0. The number of thioether (sulfide) groups is 3. The first kappa shape index (κ1) is 80.0.